The van der Waals surface area contributed by atoms with E-state index < -0.39 is 9.84 Å². The molecule has 1 aliphatic rings. The molecule has 0 saturated carbocycles. The predicted octanol–water partition coefficient (Wildman–Crippen LogP) is 0.679. The number of carbonyl (C=O) groups excluding carboxylic acids is 1. The Labute approximate surface area is 99.0 Å². The minimum absolute atomic E-state index is 0.0760. The van der Waals surface area contributed by atoms with Gasteiger partial charge in [0.2, 0.25) is 0 Å². The zero-order valence-corrected chi connectivity index (χ0v) is 10.0. The zero-order valence-electron chi connectivity index (χ0n) is 9.21. The molecule has 0 N–H and O–H groups in total. The normalized spacial score (nSPS) is 14.1. The summed E-state index contributed by atoms with van der Waals surface area (Å²) in [5.74, 6) is -0.409. The van der Waals surface area contributed by atoms with Crippen molar-refractivity contribution in [2.24, 2.45) is 4.99 Å². The van der Waals surface area contributed by atoms with Crippen molar-refractivity contribution >= 4 is 22.0 Å². The maximum Gasteiger partial charge on any atom is 0.277 e. The van der Waals surface area contributed by atoms with Crippen LogP contribution in [0, 0.1) is 0 Å². The van der Waals surface area contributed by atoms with Crippen molar-refractivity contribution in [1.82, 2.24) is 0 Å². The molecule has 0 atom stereocenters. The highest BCUT2D eigenvalue weighted by molar-refractivity contribution is 7.91. The molecule has 0 bridgehead atoms. The third-order valence-corrected chi connectivity index (χ3v) is 4.17. The van der Waals surface area contributed by atoms with E-state index in [9.17, 15) is 13.2 Å². The van der Waals surface area contributed by atoms with Gasteiger partial charge in [-0.2, -0.15) is 0 Å². The van der Waals surface area contributed by atoms with Crippen molar-refractivity contribution in [2.45, 2.75) is 4.90 Å². The molecule has 17 heavy (non-hydrogen) atoms. The summed E-state index contributed by atoms with van der Waals surface area (Å²) in [5, 5.41) is 0. The number of sulfone groups is 1. The van der Waals surface area contributed by atoms with E-state index in [1.165, 1.54) is 31.5 Å². The second kappa shape index (κ2) is 4.38. The van der Waals surface area contributed by atoms with Crippen LogP contribution in [0.25, 0.3) is 0 Å². The number of rotatable bonds is 4. The molecule has 0 aromatic heterocycles. The van der Waals surface area contributed by atoms with Crippen molar-refractivity contribution in [2.75, 3.05) is 19.5 Å². The van der Waals surface area contributed by atoms with Gasteiger partial charge in [0.25, 0.3) is 5.91 Å². The van der Waals surface area contributed by atoms with Crippen LogP contribution in [-0.2, 0) is 14.6 Å². The summed E-state index contributed by atoms with van der Waals surface area (Å²) in [6.07, 6.45) is 1.38. The minimum Gasteiger partial charge on any atom is -0.384 e. The first-order valence-electron chi connectivity index (χ1n) is 4.99. The smallest absolute Gasteiger partial charge is 0.277 e. The molecule has 1 aromatic carbocycles. The summed E-state index contributed by atoms with van der Waals surface area (Å²) >= 11 is 0. The highest BCUT2D eigenvalue weighted by atomic mass is 32.2. The average Bonchev–Trinajstić information content (AvgIpc) is 2.68. The molecule has 6 heteroatoms. The Morgan fingerprint density at radius 2 is 2.12 bits per heavy atom. The Morgan fingerprint density at radius 1 is 1.35 bits per heavy atom. The van der Waals surface area contributed by atoms with E-state index in [2.05, 4.69) is 4.99 Å². The maximum atomic E-state index is 11.9. The second-order valence-electron chi connectivity index (χ2n) is 3.62. The lowest BCUT2D eigenvalue weighted by Crippen LogP contribution is -2.12. The third kappa shape index (κ3) is 2.27. The molecule has 0 spiro atoms. The molecule has 90 valence electrons. The van der Waals surface area contributed by atoms with E-state index in [0.717, 1.165) is 0 Å². The number of methoxy groups -OCH3 is 1. The number of amides is 1. The molecule has 0 unspecified atom stereocenters. The van der Waals surface area contributed by atoms with Crippen molar-refractivity contribution in [3.8, 4) is 0 Å². The third-order valence-electron chi connectivity index (χ3n) is 2.49. The summed E-state index contributed by atoms with van der Waals surface area (Å²) in [4.78, 5) is 15.0. The van der Waals surface area contributed by atoms with Crippen LogP contribution in [-0.4, -0.2) is 40.0 Å². The Kier molecular flexibility index (Phi) is 3.08. The standard InChI is InChI=1S/C11H11NO4S/c1-16-4-5-17(14,15)9-2-3-10-8(6-9)7-12-11(10)13/h2-3,6-7H,4-5H2,1H3. The van der Waals surface area contributed by atoms with Crippen LogP contribution in [0.4, 0.5) is 0 Å². The summed E-state index contributed by atoms with van der Waals surface area (Å²) in [7, 11) is -1.91. The summed E-state index contributed by atoms with van der Waals surface area (Å²) in [5.41, 5.74) is 0.990. The SMILES string of the molecule is COCCS(=O)(=O)c1ccc2c(c1)C=NC2=O. The van der Waals surface area contributed by atoms with Gasteiger partial charge < -0.3 is 4.74 Å². The molecule has 0 radical (unpaired) electrons. The van der Waals surface area contributed by atoms with E-state index in [-0.39, 0.29) is 23.2 Å². The van der Waals surface area contributed by atoms with Crippen LogP contribution in [0.3, 0.4) is 0 Å². The van der Waals surface area contributed by atoms with Gasteiger partial charge in [0.05, 0.1) is 22.8 Å². The number of benzene rings is 1. The lowest BCUT2D eigenvalue weighted by molar-refractivity contribution is 0.101. The van der Waals surface area contributed by atoms with E-state index in [4.69, 9.17) is 4.74 Å². The highest BCUT2D eigenvalue weighted by Crippen LogP contribution is 2.20. The first kappa shape index (κ1) is 11.9. The van der Waals surface area contributed by atoms with Gasteiger partial charge in [-0.25, -0.2) is 13.4 Å². The fraction of sp³-hybridized carbons (Fsp3) is 0.273. The zero-order chi connectivity index (χ0) is 12.5. The largest absolute Gasteiger partial charge is 0.384 e. The molecular weight excluding hydrogens is 242 g/mol. The predicted molar refractivity (Wildman–Crippen MR) is 62.3 cm³/mol. The summed E-state index contributed by atoms with van der Waals surface area (Å²) in [6.45, 7) is 0.145. The first-order chi connectivity index (χ1) is 8.04. The summed E-state index contributed by atoms with van der Waals surface area (Å²) in [6, 6.07) is 4.38. The van der Waals surface area contributed by atoms with Crippen molar-refractivity contribution in [1.29, 1.82) is 0 Å². The van der Waals surface area contributed by atoms with Gasteiger partial charge in [-0.3, -0.25) is 4.79 Å². The molecule has 0 saturated heterocycles. The van der Waals surface area contributed by atoms with Crippen molar-refractivity contribution in [3.63, 3.8) is 0 Å². The van der Waals surface area contributed by atoms with Crippen LogP contribution < -0.4 is 0 Å². The molecule has 0 fully saturated rings. The number of fused-ring (bicyclic) bond motifs is 1. The molecular formula is C11H11NO4S. The second-order valence-corrected chi connectivity index (χ2v) is 5.73. The van der Waals surface area contributed by atoms with Crippen molar-refractivity contribution < 1.29 is 17.9 Å². The van der Waals surface area contributed by atoms with Gasteiger partial charge in [0.15, 0.2) is 9.84 Å². The molecule has 1 heterocycles. The Balaban J connectivity index is 2.36. The van der Waals surface area contributed by atoms with Crippen LogP contribution in [0.15, 0.2) is 28.1 Å². The fourth-order valence-corrected chi connectivity index (χ4v) is 2.75. The van der Waals surface area contributed by atoms with Gasteiger partial charge in [-0.15, -0.1) is 0 Å². The number of hydrogen-bond donors (Lipinski definition) is 0. The molecule has 1 aromatic rings. The minimum atomic E-state index is -3.36. The Bertz CT molecular complexity index is 589. The van der Waals surface area contributed by atoms with Crippen molar-refractivity contribution in [3.05, 3.63) is 29.3 Å². The molecule has 1 aliphatic heterocycles. The number of aliphatic imine (C=N–C) groups is 1. The van der Waals surface area contributed by atoms with Gasteiger partial charge >= 0.3 is 0 Å². The maximum absolute atomic E-state index is 11.9. The molecule has 0 aliphatic carbocycles. The monoisotopic (exact) mass is 253 g/mol. The number of carbonyl (C=O) groups is 1. The number of hydrogen-bond acceptors (Lipinski definition) is 4. The summed E-state index contributed by atoms with van der Waals surface area (Å²) < 4.78 is 28.5. The molecule has 2 rings (SSSR count). The molecule has 1 amide bonds. The van der Waals surface area contributed by atoms with Crippen LogP contribution >= 0.6 is 0 Å². The lowest BCUT2D eigenvalue weighted by atomic mass is 10.1. The number of nitrogens with zero attached hydrogens (tertiary/aromatic N) is 1. The van der Waals surface area contributed by atoms with Gasteiger partial charge in [0.1, 0.15) is 0 Å². The van der Waals surface area contributed by atoms with E-state index in [1.54, 1.807) is 0 Å². The highest BCUT2D eigenvalue weighted by Gasteiger charge is 2.20. The van der Waals surface area contributed by atoms with Gasteiger partial charge in [-0.05, 0) is 18.2 Å². The van der Waals surface area contributed by atoms with Crippen LogP contribution in [0.5, 0.6) is 0 Å². The van der Waals surface area contributed by atoms with E-state index in [0.29, 0.717) is 11.1 Å². The molecule has 5 nitrogen and oxygen atoms in total. The first-order valence-corrected chi connectivity index (χ1v) is 6.64. The van der Waals surface area contributed by atoms with E-state index >= 15 is 0 Å². The van der Waals surface area contributed by atoms with E-state index in [1.807, 2.05) is 0 Å². The lowest BCUT2D eigenvalue weighted by Gasteiger charge is -2.05. The number of ether oxygens (including phenoxy) is 1. The van der Waals surface area contributed by atoms with Crippen LogP contribution in [0.2, 0.25) is 0 Å². The van der Waals surface area contributed by atoms with Gasteiger partial charge in [0, 0.05) is 18.9 Å². The average molecular weight is 253 g/mol. The van der Waals surface area contributed by atoms with Crippen LogP contribution in [0.1, 0.15) is 15.9 Å². The Morgan fingerprint density at radius 3 is 2.82 bits per heavy atom. The quantitative estimate of drug-likeness (QED) is 0.791. The van der Waals surface area contributed by atoms with Gasteiger partial charge in [-0.1, -0.05) is 0 Å². The Hall–Kier alpha value is -1.53. The fourth-order valence-electron chi connectivity index (χ4n) is 1.54. The topological polar surface area (TPSA) is 72.8 Å².